The molecule has 20 heavy (non-hydrogen) atoms. The normalized spacial score (nSPS) is 10.5. The van der Waals surface area contributed by atoms with Crippen LogP contribution in [0.25, 0.3) is 0 Å². The Hall–Kier alpha value is -1.84. The molecule has 2 aromatic carbocycles. The highest BCUT2D eigenvalue weighted by atomic mass is 16.5. The molecule has 3 heteroatoms. The minimum absolute atomic E-state index is 0.653. The maximum atomic E-state index is 5.22. The average molecular weight is 271 g/mol. The van der Waals surface area contributed by atoms with Crippen LogP contribution in [0.2, 0.25) is 0 Å². The summed E-state index contributed by atoms with van der Waals surface area (Å²) in [7, 11) is 3.40. The highest BCUT2D eigenvalue weighted by Crippen LogP contribution is 2.12. The smallest absolute Gasteiger partial charge is 0.118 e. The lowest BCUT2D eigenvalue weighted by Crippen LogP contribution is -2.14. The lowest BCUT2D eigenvalue weighted by Gasteiger charge is -2.10. The third-order valence-corrected chi connectivity index (χ3v) is 3.22. The second-order valence-corrected chi connectivity index (χ2v) is 4.65. The minimum atomic E-state index is 0.653. The first-order chi connectivity index (χ1) is 9.83. The van der Waals surface area contributed by atoms with Crippen LogP contribution in [0, 0.1) is 0 Å². The first-order valence-electron chi connectivity index (χ1n) is 6.73. The maximum Gasteiger partial charge on any atom is 0.118 e. The number of rotatable bonds is 7. The molecule has 3 nitrogen and oxygen atoms in total. The van der Waals surface area contributed by atoms with E-state index >= 15 is 0 Å². The van der Waals surface area contributed by atoms with Gasteiger partial charge in [0.1, 0.15) is 5.75 Å². The molecule has 0 spiro atoms. The van der Waals surface area contributed by atoms with E-state index in [4.69, 9.17) is 9.47 Å². The molecule has 0 fully saturated rings. The molecule has 0 bridgehead atoms. The molecular formula is C17H21NO2. The fourth-order valence-corrected chi connectivity index (χ4v) is 2.11. The number of benzene rings is 2. The van der Waals surface area contributed by atoms with Crippen molar-refractivity contribution in [2.24, 2.45) is 0 Å². The van der Waals surface area contributed by atoms with Crippen LogP contribution in [0.5, 0.6) is 5.75 Å². The van der Waals surface area contributed by atoms with E-state index < -0.39 is 0 Å². The van der Waals surface area contributed by atoms with Crippen molar-refractivity contribution in [2.75, 3.05) is 14.2 Å². The van der Waals surface area contributed by atoms with Gasteiger partial charge in [-0.2, -0.15) is 0 Å². The summed E-state index contributed by atoms with van der Waals surface area (Å²) >= 11 is 0. The summed E-state index contributed by atoms with van der Waals surface area (Å²) in [5.41, 5.74) is 3.76. The van der Waals surface area contributed by atoms with Gasteiger partial charge in [0.2, 0.25) is 0 Å². The Morgan fingerprint density at radius 3 is 2.20 bits per heavy atom. The summed E-state index contributed by atoms with van der Waals surface area (Å²) in [5, 5.41) is 3.46. The van der Waals surface area contributed by atoms with Gasteiger partial charge in [0.05, 0.1) is 13.7 Å². The van der Waals surface area contributed by atoms with Gasteiger partial charge in [0.15, 0.2) is 0 Å². The lowest BCUT2D eigenvalue weighted by atomic mass is 10.1. The van der Waals surface area contributed by atoms with Crippen molar-refractivity contribution >= 4 is 0 Å². The van der Waals surface area contributed by atoms with Gasteiger partial charge in [0, 0.05) is 20.2 Å². The second kappa shape index (κ2) is 7.68. The summed E-state index contributed by atoms with van der Waals surface area (Å²) < 4.78 is 10.4. The number of hydrogen-bond acceptors (Lipinski definition) is 3. The number of ether oxygens (including phenoxy) is 2. The van der Waals surface area contributed by atoms with E-state index in [-0.39, 0.29) is 0 Å². The minimum Gasteiger partial charge on any atom is -0.497 e. The Morgan fingerprint density at radius 1 is 0.850 bits per heavy atom. The monoisotopic (exact) mass is 271 g/mol. The second-order valence-electron chi connectivity index (χ2n) is 4.65. The van der Waals surface area contributed by atoms with Gasteiger partial charge < -0.3 is 14.8 Å². The third kappa shape index (κ3) is 4.08. The molecule has 0 aliphatic heterocycles. The summed E-state index contributed by atoms with van der Waals surface area (Å²) in [5.74, 6) is 0.888. The zero-order valence-electron chi connectivity index (χ0n) is 12.1. The van der Waals surface area contributed by atoms with Gasteiger partial charge in [-0.25, -0.2) is 0 Å². The zero-order valence-corrected chi connectivity index (χ0v) is 12.1. The molecule has 0 saturated heterocycles. The summed E-state index contributed by atoms with van der Waals surface area (Å²) in [6, 6.07) is 16.5. The van der Waals surface area contributed by atoms with Crippen LogP contribution in [0.3, 0.4) is 0 Å². The van der Waals surface area contributed by atoms with Gasteiger partial charge in [0.25, 0.3) is 0 Å². The summed E-state index contributed by atoms with van der Waals surface area (Å²) in [6.07, 6.45) is 0. The van der Waals surface area contributed by atoms with Crippen LogP contribution in [0.1, 0.15) is 16.7 Å². The van der Waals surface area contributed by atoms with E-state index in [1.807, 2.05) is 18.2 Å². The lowest BCUT2D eigenvalue weighted by molar-refractivity contribution is 0.184. The molecule has 1 N–H and O–H groups in total. The average Bonchev–Trinajstić information content (AvgIpc) is 2.50. The Kier molecular flexibility index (Phi) is 5.59. The first-order valence-corrected chi connectivity index (χ1v) is 6.73. The van der Waals surface area contributed by atoms with Gasteiger partial charge in [-0.05, 0) is 28.8 Å². The van der Waals surface area contributed by atoms with E-state index in [0.29, 0.717) is 6.61 Å². The standard InChI is InChI=1S/C17H21NO2/c1-19-13-16-6-4-3-5-15(16)12-18-11-14-7-9-17(20-2)10-8-14/h3-10,18H,11-13H2,1-2H3. The fourth-order valence-electron chi connectivity index (χ4n) is 2.11. The molecule has 0 aromatic heterocycles. The van der Waals surface area contributed by atoms with E-state index in [0.717, 1.165) is 18.8 Å². The Labute approximate surface area is 120 Å². The van der Waals surface area contributed by atoms with Crippen LogP contribution in [0.15, 0.2) is 48.5 Å². The van der Waals surface area contributed by atoms with E-state index in [1.165, 1.54) is 16.7 Å². The quantitative estimate of drug-likeness (QED) is 0.839. The predicted octanol–water partition coefficient (Wildman–Crippen LogP) is 3.13. The zero-order chi connectivity index (χ0) is 14.2. The van der Waals surface area contributed by atoms with Crippen LogP contribution in [-0.2, 0) is 24.4 Å². The molecule has 0 heterocycles. The van der Waals surface area contributed by atoms with Crippen molar-refractivity contribution in [2.45, 2.75) is 19.7 Å². The SMILES string of the molecule is COCc1ccccc1CNCc1ccc(OC)cc1. The van der Waals surface area contributed by atoms with Crippen LogP contribution < -0.4 is 10.1 Å². The molecule has 0 radical (unpaired) electrons. The first kappa shape index (κ1) is 14.6. The van der Waals surface area contributed by atoms with Crippen LogP contribution >= 0.6 is 0 Å². The molecular weight excluding hydrogens is 250 g/mol. The fraction of sp³-hybridized carbons (Fsp3) is 0.294. The molecule has 0 amide bonds. The molecule has 2 rings (SSSR count). The van der Waals surface area contributed by atoms with Gasteiger partial charge in [-0.15, -0.1) is 0 Å². The van der Waals surface area contributed by atoms with Crippen molar-refractivity contribution in [3.63, 3.8) is 0 Å². The van der Waals surface area contributed by atoms with Crippen LogP contribution in [-0.4, -0.2) is 14.2 Å². The molecule has 0 aliphatic rings. The van der Waals surface area contributed by atoms with E-state index in [9.17, 15) is 0 Å². The van der Waals surface area contributed by atoms with Crippen molar-refractivity contribution in [1.82, 2.24) is 5.32 Å². The van der Waals surface area contributed by atoms with E-state index in [2.05, 4.69) is 35.6 Å². The molecule has 0 saturated carbocycles. The van der Waals surface area contributed by atoms with Crippen molar-refractivity contribution in [3.05, 3.63) is 65.2 Å². The highest BCUT2D eigenvalue weighted by Gasteiger charge is 2.01. The number of nitrogens with one attached hydrogen (secondary N) is 1. The van der Waals surface area contributed by atoms with Gasteiger partial charge in [-0.1, -0.05) is 36.4 Å². The largest absolute Gasteiger partial charge is 0.497 e. The highest BCUT2D eigenvalue weighted by molar-refractivity contribution is 5.28. The van der Waals surface area contributed by atoms with Crippen molar-refractivity contribution in [3.8, 4) is 5.75 Å². The van der Waals surface area contributed by atoms with Gasteiger partial charge >= 0.3 is 0 Å². The Bertz CT molecular complexity index is 523. The summed E-state index contributed by atoms with van der Waals surface area (Å²) in [6.45, 7) is 2.33. The molecule has 106 valence electrons. The number of methoxy groups -OCH3 is 2. The number of hydrogen-bond donors (Lipinski definition) is 1. The van der Waals surface area contributed by atoms with Gasteiger partial charge in [-0.3, -0.25) is 0 Å². The topological polar surface area (TPSA) is 30.5 Å². The Morgan fingerprint density at radius 2 is 1.55 bits per heavy atom. The molecule has 0 atom stereocenters. The maximum absolute atomic E-state index is 5.22. The Balaban J connectivity index is 1.89. The molecule has 0 aliphatic carbocycles. The van der Waals surface area contributed by atoms with E-state index in [1.54, 1.807) is 14.2 Å². The van der Waals surface area contributed by atoms with Crippen molar-refractivity contribution in [1.29, 1.82) is 0 Å². The third-order valence-electron chi connectivity index (χ3n) is 3.22. The summed E-state index contributed by atoms with van der Waals surface area (Å²) in [4.78, 5) is 0. The molecule has 0 unspecified atom stereocenters. The predicted molar refractivity (Wildman–Crippen MR) is 80.7 cm³/mol. The molecule has 2 aromatic rings. The van der Waals surface area contributed by atoms with Crippen LogP contribution in [0.4, 0.5) is 0 Å². The van der Waals surface area contributed by atoms with Crippen molar-refractivity contribution < 1.29 is 9.47 Å².